The van der Waals surface area contributed by atoms with E-state index in [1.165, 1.54) is 12.8 Å². The SMILES string of the molecule is CCCN(Cc1cc(Br)cc([N+](=O)[O-])c1)C1CCCNC1. The van der Waals surface area contributed by atoms with Gasteiger partial charge in [0.25, 0.3) is 5.69 Å². The molecule has 0 spiro atoms. The van der Waals surface area contributed by atoms with Gasteiger partial charge in [-0.2, -0.15) is 0 Å². The second-order valence-corrected chi connectivity index (χ2v) is 6.46. The minimum Gasteiger partial charge on any atom is -0.315 e. The summed E-state index contributed by atoms with van der Waals surface area (Å²) in [4.78, 5) is 13.1. The quantitative estimate of drug-likeness (QED) is 0.628. The molecule has 5 nitrogen and oxygen atoms in total. The zero-order valence-corrected chi connectivity index (χ0v) is 13.9. The van der Waals surface area contributed by atoms with Crippen LogP contribution in [0.1, 0.15) is 31.7 Å². The molecule has 2 rings (SSSR count). The van der Waals surface area contributed by atoms with Crippen LogP contribution in [0.25, 0.3) is 0 Å². The normalized spacial score (nSPS) is 18.9. The first-order valence-corrected chi connectivity index (χ1v) is 8.28. The molecule has 1 aliphatic heterocycles. The molecule has 1 atom stereocenters. The Hall–Kier alpha value is -0.980. The first-order chi connectivity index (χ1) is 10.1. The number of non-ortho nitro benzene ring substituents is 1. The Morgan fingerprint density at radius 3 is 2.90 bits per heavy atom. The Kier molecular flexibility index (Phi) is 6.14. The van der Waals surface area contributed by atoms with E-state index in [9.17, 15) is 10.1 Å². The minimum atomic E-state index is -0.333. The fourth-order valence-corrected chi connectivity index (χ4v) is 3.42. The van der Waals surface area contributed by atoms with Crippen LogP contribution >= 0.6 is 15.9 Å². The summed E-state index contributed by atoms with van der Waals surface area (Å²) in [6.45, 7) is 6.06. The third kappa shape index (κ3) is 4.76. The van der Waals surface area contributed by atoms with Crippen molar-refractivity contribution in [1.82, 2.24) is 10.2 Å². The molecule has 1 N–H and O–H groups in total. The Labute approximate surface area is 134 Å². The van der Waals surface area contributed by atoms with Crippen LogP contribution in [0.4, 0.5) is 5.69 Å². The lowest BCUT2D eigenvalue weighted by atomic mass is 10.0. The van der Waals surface area contributed by atoms with Crippen LogP contribution in [0.3, 0.4) is 0 Å². The van der Waals surface area contributed by atoms with Crippen LogP contribution in [0.2, 0.25) is 0 Å². The van der Waals surface area contributed by atoms with Crippen molar-refractivity contribution in [2.24, 2.45) is 0 Å². The van der Waals surface area contributed by atoms with Crippen molar-refractivity contribution < 1.29 is 4.92 Å². The van der Waals surface area contributed by atoms with Crippen molar-refractivity contribution in [3.8, 4) is 0 Å². The molecule has 1 unspecified atom stereocenters. The van der Waals surface area contributed by atoms with E-state index in [0.29, 0.717) is 6.04 Å². The Morgan fingerprint density at radius 1 is 1.48 bits per heavy atom. The Bertz CT molecular complexity index is 490. The summed E-state index contributed by atoms with van der Waals surface area (Å²) < 4.78 is 0.768. The van der Waals surface area contributed by atoms with Crippen molar-refractivity contribution in [1.29, 1.82) is 0 Å². The van der Waals surface area contributed by atoms with Crippen LogP contribution in [0.5, 0.6) is 0 Å². The van der Waals surface area contributed by atoms with Gasteiger partial charge in [0, 0.05) is 35.7 Å². The van der Waals surface area contributed by atoms with Crippen molar-refractivity contribution in [2.45, 2.75) is 38.8 Å². The Morgan fingerprint density at radius 2 is 2.29 bits per heavy atom. The molecule has 21 heavy (non-hydrogen) atoms. The number of halogens is 1. The van der Waals surface area contributed by atoms with E-state index < -0.39 is 0 Å². The lowest BCUT2D eigenvalue weighted by Crippen LogP contribution is -2.45. The maximum absolute atomic E-state index is 11.0. The van der Waals surface area contributed by atoms with Crippen LogP contribution < -0.4 is 5.32 Å². The molecule has 1 fully saturated rings. The molecule has 0 aromatic heterocycles. The van der Waals surface area contributed by atoms with Gasteiger partial charge in [0.2, 0.25) is 0 Å². The molecule has 0 bridgehead atoms. The summed E-state index contributed by atoms with van der Waals surface area (Å²) in [6, 6.07) is 5.74. The van der Waals surface area contributed by atoms with Crippen LogP contribution in [-0.2, 0) is 6.54 Å². The second-order valence-electron chi connectivity index (χ2n) is 5.55. The first kappa shape index (κ1) is 16.4. The molecule has 1 aromatic rings. The van der Waals surface area contributed by atoms with Crippen LogP contribution in [-0.4, -0.2) is 35.5 Å². The summed E-state index contributed by atoms with van der Waals surface area (Å²) in [7, 11) is 0. The predicted molar refractivity (Wildman–Crippen MR) is 87.4 cm³/mol. The van der Waals surface area contributed by atoms with E-state index in [0.717, 1.165) is 42.6 Å². The number of benzene rings is 1. The maximum atomic E-state index is 11.0. The number of hydrogen-bond donors (Lipinski definition) is 1. The minimum absolute atomic E-state index is 0.151. The highest BCUT2D eigenvalue weighted by atomic mass is 79.9. The lowest BCUT2D eigenvalue weighted by Gasteiger charge is -2.34. The molecule has 1 saturated heterocycles. The smallest absolute Gasteiger partial charge is 0.270 e. The fraction of sp³-hybridized carbons (Fsp3) is 0.600. The van der Waals surface area contributed by atoms with Gasteiger partial charge in [-0.1, -0.05) is 22.9 Å². The van der Waals surface area contributed by atoms with E-state index in [1.807, 2.05) is 6.07 Å². The Balaban J connectivity index is 2.13. The molecule has 1 aliphatic rings. The number of piperidine rings is 1. The highest BCUT2D eigenvalue weighted by Gasteiger charge is 2.21. The average molecular weight is 356 g/mol. The molecule has 116 valence electrons. The highest BCUT2D eigenvalue weighted by molar-refractivity contribution is 9.10. The summed E-state index contributed by atoms with van der Waals surface area (Å²) >= 11 is 3.37. The van der Waals surface area contributed by atoms with Crippen molar-refractivity contribution >= 4 is 21.6 Å². The van der Waals surface area contributed by atoms with E-state index in [2.05, 4.69) is 33.1 Å². The van der Waals surface area contributed by atoms with Gasteiger partial charge >= 0.3 is 0 Å². The molecular formula is C15H22BrN3O2. The number of nitrogens with zero attached hydrogens (tertiary/aromatic N) is 2. The number of nitro groups is 1. The highest BCUT2D eigenvalue weighted by Crippen LogP contribution is 2.23. The molecule has 1 heterocycles. The summed E-state index contributed by atoms with van der Waals surface area (Å²) in [5.74, 6) is 0. The lowest BCUT2D eigenvalue weighted by molar-refractivity contribution is -0.385. The first-order valence-electron chi connectivity index (χ1n) is 7.48. The largest absolute Gasteiger partial charge is 0.315 e. The molecule has 0 radical (unpaired) electrons. The van der Waals surface area contributed by atoms with Crippen LogP contribution in [0, 0.1) is 10.1 Å². The number of nitro benzene ring substituents is 1. The van der Waals surface area contributed by atoms with Crippen molar-refractivity contribution in [2.75, 3.05) is 19.6 Å². The molecule has 0 saturated carbocycles. The zero-order valence-electron chi connectivity index (χ0n) is 12.3. The van der Waals surface area contributed by atoms with Gasteiger partial charge in [0.1, 0.15) is 0 Å². The van der Waals surface area contributed by atoms with Gasteiger partial charge in [-0.3, -0.25) is 15.0 Å². The maximum Gasteiger partial charge on any atom is 0.270 e. The summed E-state index contributed by atoms with van der Waals surface area (Å²) in [5, 5.41) is 14.4. The zero-order chi connectivity index (χ0) is 15.2. The second kappa shape index (κ2) is 7.87. The van der Waals surface area contributed by atoms with Crippen molar-refractivity contribution in [3.63, 3.8) is 0 Å². The van der Waals surface area contributed by atoms with Gasteiger partial charge in [0.05, 0.1) is 4.92 Å². The number of rotatable bonds is 6. The molecule has 0 aliphatic carbocycles. The number of nitrogens with one attached hydrogen (secondary N) is 1. The van der Waals surface area contributed by atoms with Crippen LogP contribution in [0.15, 0.2) is 22.7 Å². The summed E-state index contributed by atoms with van der Waals surface area (Å²) in [6.07, 6.45) is 3.49. The van der Waals surface area contributed by atoms with E-state index in [4.69, 9.17) is 0 Å². The fourth-order valence-electron chi connectivity index (χ4n) is 2.89. The topological polar surface area (TPSA) is 58.4 Å². The molecule has 0 amide bonds. The van der Waals surface area contributed by atoms with Gasteiger partial charge < -0.3 is 5.32 Å². The van der Waals surface area contributed by atoms with E-state index in [1.54, 1.807) is 12.1 Å². The van der Waals surface area contributed by atoms with Crippen molar-refractivity contribution in [3.05, 3.63) is 38.3 Å². The van der Waals surface area contributed by atoms with E-state index >= 15 is 0 Å². The average Bonchev–Trinajstić information content (AvgIpc) is 2.47. The molecule has 6 heteroatoms. The van der Waals surface area contributed by atoms with E-state index in [-0.39, 0.29) is 10.6 Å². The standard InChI is InChI=1S/C15H22BrN3O2/c1-2-6-18(14-4-3-5-17-10-14)11-12-7-13(16)9-15(8-12)19(20)21/h7-9,14,17H,2-6,10-11H2,1H3. The predicted octanol–water partition coefficient (Wildman–Crippen LogP) is 3.32. The van der Waals surface area contributed by atoms with Gasteiger partial charge in [0.15, 0.2) is 0 Å². The third-order valence-corrected chi connectivity index (χ3v) is 4.29. The molecule has 1 aromatic carbocycles. The number of hydrogen-bond acceptors (Lipinski definition) is 4. The van der Waals surface area contributed by atoms with Gasteiger partial charge in [-0.05, 0) is 44.0 Å². The monoisotopic (exact) mass is 355 g/mol. The third-order valence-electron chi connectivity index (χ3n) is 3.84. The van der Waals surface area contributed by atoms with Gasteiger partial charge in [-0.25, -0.2) is 0 Å². The molecular weight excluding hydrogens is 334 g/mol. The van der Waals surface area contributed by atoms with Gasteiger partial charge in [-0.15, -0.1) is 0 Å². The summed E-state index contributed by atoms with van der Waals surface area (Å²) in [5.41, 5.74) is 1.15.